The van der Waals surface area contributed by atoms with Crippen LogP contribution in [0.15, 0.2) is 82.2 Å². The summed E-state index contributed by atoms with van der Waals surface area (Å²) in [6.45, 7) is 6.33. The SMILES string of the molecule is CC(C)(C)c1ccc(Oc2coc3cc(OC(=O)c4ccc([N+](=O)[O-])cc4)ccc3c2=O)cc1. The lowest BCUT2D eigenvalue weighted by Gasteiger charge is -2.19. The van der Waals surface area contributed by atoms with E-state index < -0.39 is 10.9 Å². The summed E-state index contributed by atoms with van der Waals surface area (Å²) >= 11 is 0. The Morgan fingerprint density at radius 2 is 1.59 bits per heavy atom. The Bertz CT molecular complexity index is 1430. The van der Waals surface area contributed by atoms with Crippen LogP contribution in [0.1, 0.15) is 36.7 Å². The van der Waals surface area contributed by atoms with Crippen molar-refractivity contribution in [2.24, 2.45) is 0 Å². The number of nitrogens with zero attached hydrogens (tertiary/aromatic N) is 1. The molecule has 0 radical (unpaired) electrons. The third kappa shape index (κ3) is 4.80. The number of hydrogen-bond donors (Lipinski definition) is 0. The summed E-state index contributed by atoms with van der Waals surface area (Å²) in [7, 11) is 0. The van der Waals surface area contributed by atoms with Gasteiger partial charge in [0.2, 0.25) is 11.2 Å². The Morgan fingerprint density at radius 1 is 0.941 bits per heavy atom. The lowest BCUT2D eigenvalue weighted by molar-refractivity contribution is -0.384. The Kier molecular flexibility index (Phi) is 5.89. The van der Waals surface area contributed by atoms with Gasteiger partial charge in [-0.3, -0.25) is 14.9 Å². The van der Waals surface area contributed by atoms with Crippen LogP contribution < -0.4 is 14.9 Å². The van der Waals surface area contributed by atoms with E-state index in [1.54, 1.807) is 12.1 Å². The predicted molar refractivity (Wildman–Crippen MR) is 126 cm³/mol. The van der Waals surface area contributed by atoms with Crippen molar-refractivity contribution in [3.63, 3.8) is 0 Å². The Balaban J connectivity index is 1.53. The first-order chi connectivity index (χ1) is 16.1. The van der Waals surface area contributed by atoms with Crippen LogP contribution in [0.25, 0.3) is 11.0 Å². The molecule has 4 aromatic rings. The molecule has 3 aromatic carbocycles. The number of esters is 1. The van der Waals surface area contributed by atoms with Crippen LogP contribution in [0.3, 0.4) is 0 Å². The number of carbonyl (C=O) groups is 1. The first kappa shape index (κ1) is 22.7. The number of ether oxygens (including phenoxy) is 2. The molecule has 0 aliphatic rings. The average Bonchev–Trinajstić information content (AvgIpc) is 2.80. The maximum absolute atomic E-state index is 12.9. The molecule has 8 nitrogen and oxygen atoms in total. The van der Waals surface area contributed by atoms with Gasteiger partial charge < -0.3 is 13.9 Å². The molecular formula is C26H21NO7. The van der Waals surface area contributed by atoms with E-state index in [4.69, 9.17) is 13.9 Å². The van der Waals surface area contributed by atoms with Crippen LogP contribution in [-0.4, -0.2) is 10.9 Å². The molecule has 172 valence electrons. The number of nitro benzene ring substituents is 1. The standard InChI is InChI=1S/C26H21NO7/c1-26(2,3)17-6-10-19(11-7-17)33-23-15-32-22-14-20(12-13-21(22)24(23)28)34-25(29)16-4-8-18(9-5-16)27(30)31/h4-15H,1-3H3. The highest BCUT2D eigenvalue weighted by molar-refractivity contribution is 5.92. The van der Waals surface area contributed by atoms with Gasteiger partial charge in [0.25, 0.3) is 5.69 Å². The molecule has 0 atom stereocenters. The second-order valence-corrected chi connectivity index (χ2v) is 8.66. The molecule has 0 aliphatic carbocycles. The molecule has 0 unspecified atom stereocenters. The zero-order valence-electron chi connectivity index (χ0n) is 18.7. The molecule has 0 aliphatic heterocycles. The number of benzene rings is 3. The highest BCUT2D eigenvalue weighted by atomic mass is 16.6. The molecule has 0 spiro atoms. The minimum atomic E-state index is -0.699. The van der Waals surface area contributed by atoms with Gasteiger partial charge in [0.15, 0.2) is 0 Å². The molecule has 34 heavy (non-hydrogen) atoms. The fraction of sp³-hybridized carbons (Fsp3) is 0.154. The summed E-state index contributed by atoms with van der Waals surface area (Å²) in [6.07, 6.45) is 1.21. The predicted octanol–water partition coefficient (Wildman–Crippen LogP) is 6.01. The van der Waals surface area contributed by atoms with E-state index in [0.29, 0.717) is 5.75 Å². The fourth-order valence-corrected chi connectivity index (χ4v) is 3.26. The van der Waals surface area contributed by atoms with Gasteiger partial charge in [0.05, 0.1) is 15.9 Å². The normalized spacial score (nSPS) is 11.3. The molecule has 8 heteroatoms. The largest absolute Gasteiger partial charge is 0.460 e. The number of nitro groups is 1. The highest BCUT2D eigenvalue weighted by Crippen LogP contribution is 2.28. The quantitative estimate of drug-likeness (QED) is 0.156. The van der Waals surface area contributed by atoms with Crippen molar-refractivity contribution < 1.29 is 23.6 Å². The number of carbonyl (C=O) groups excluding carboxylic acids is 1. The van der Waals surface area contributed by atoms with E-state index in [-0.39, 0.29) is 44.6 Å². The van der Waals surface area contributed by atoms with Gasteiger partial charge in [-0.1, -0.05) is 32.9 Å². The van der Waals surface area contributed by atoms with Crippen LogP contribution in [0.5, 0.6) is 17.2 Å². The molecule has 0 fully saturated rings. The van der Waals surface area contributed by atoms with E-state index in [1.165, 1.54) is 48.7 Å². The van der Waals surface area contributed by atoms with Gasteiger partial charge in [0.1, 0.15) is 23.3 Å². The maximum atomic E-state index is 12.9. The van der Waals surface area contributed by atoms with Crippen molar-refractivity contribution in [1.29, 1.82) is 0 Å². The van der Waals surface area contributed by atoms with Gasteiger partial charge in [0, 0.05) is 18.2 Å². The lowest BCUT2D eigenvalue weighted by Crippen LogP contribution is -2.10. The number of fused-ring (bicyclic) bond motifs is 1. The van der Waals surface area contributed by atoms with E-state index in [0.717, 1.165) is 5.56 Å². The van der Waals surface area contributed by atoms with Crippen molar-refractivity contribution in [2.75, 3.05) is 0 Å². The number of hydrogen-bond acceptors (Lipinski definition) is 7. The first-order valence-electron chi connectivity index (χ1n) is 10.4. The third-order valence-electron chi connectivity index (χ3n) is 5.19. The Hall–Kier alpha value is -4.46. The molecule has 0 bridgehead atoms. The van der Waals surface area contributed by atoms with Crippen molar-refractivity contribution in [3.8, 4) is 17.2 Å². The van der Waals surface area contributed by atoms with E-state index in [2.05, 4.69) is 20.8 Å². The fourth-order valence-electron chi connectivity index (χ4n) is 3.26. The van der Waals surface area contributed by atoms with Gasteiger partial charge >= 0.3 is 5.97 Å². The number of rotatable bonds is 5. The molecular weight excluding hydrogens is 438 g/mol. The molecule has 0 amide bonds. The van der Waals surface area contributed by atoms with Crippen LogP contribution >= 0.6 is 0 Å². The summed E-state index contributed by atoms with van der Waals surface area (Å²) < 4.78 is 16.6. The van der Waals surface area contributed by atoms with Crippen LogP contribution in [0.4, 0.5) is 5.69 Å². The maximum Gasteiger partial charge on any atom is 0.343 e. The van der Waals surface area contributed by atoms with Gasteiger partial charge in [-0.2, -0.15) is 0 Å². The second-order valence-electron chi connectivity index (χ2n) is 8.66. The average molecular weight is 459 g/mol. The third-order valence-corrected chi connectivity index (χ3v) is 5.19. The summed E-state index contributed by atoms with van der Waals surface area (Å²) in [4.78, 5) is 35.4. The molecule has 0 N–H and O–H groups in total. The molecule has 0 saturated heterocycles. The first-order valence-corrected chi connectivity index (χ1v) is 10.4. The van der Waals surface area contributed by atoms with Crippen LogP contribution in [0, 0.1) is 10.1 Å². The highest BCUT2D eigenvalue weighted by Gasteiger charge is 2.16. The van der Waals surface area contributed by atoms with Crippen LogP contribution in [-0.2, 0) is 5.41 Å². The monoisotopic (exact) mass is 459 g/mol. The van der Waals surface area contributed by atoms with Crippen molar-refractivity contribution >= 4 is 22.6 Å². The summed E-state index contributed by atoms with van der Waals surface area (Å²) in [5.41, 5.74) is 1.01. The summed E-state index contributed by atoms with van der Waals surface area (Å²) in [5.74, 6) is 0.000577. The zero-order chi connectivity index (χ0) is 24.5. The van der Waals surface area contributed by atoms with Gasteiger partial charge in [-0.15, -0.1) is 0 Å². The van der Waals surface area contributed by atoms with E-state index in [9.17, 15) is 19.7 Å². The molecule has 4 rings (SSSR count). The van der Waals surface area contributed by atoms with Crippen molar-refractivity contribution in [3.05, 3.63) is 104 Å². The number of non-ortho nitro benzene ring substituents is 1. The van der Waals surface area contributed by atoms with Crippen LogP contribution in [0.2, 0.25) is 0 Å². The lowest BCUT2D eigenvalue weighted by atomic mass is 9.87. The van der Waals surface area contributed by atoms with Crippen molar-refractivity contribution in [2.45, 2.75) is 26.2 Å². The minimum Gasteiger partial charge on any atom is -0.460 e. The Labute approximate surface area is 194 Å². The summed E-state index contributed by atoms with van der Waals surface area (Å²) in [6, 6.07) is 16.9. The topological polar surface area (TPSA) is 109 Å². The van der Waals surface area contributed by atoms with Crippen molar-refractivity contribution in [1.82, 2.24) is 0 Å². The Morgan fingerprint density at radius 3 is 2.21 bits per heavy atom. The smallest absolute Gasteiger partial charge is 0.343 e. The minimum absolute atomic E-state index is 0.000141. The van der Waals surface area contributed by atoms with E-state index >= 15 is 0 Å². The zero-order valence-corrected chi connectivity index (χ0v) is 18.7. The molecule has 0 saturated carbocycles. The molecule has 1 aromatic heterocycles. The van der Waals surface area contributed by atoms with Gasteiger partial charge in [-0.05, 0) is 47.4 Å². The second kappa shape index (κ2) is 8.82. The summed E-state index contributed by atoms with van der Waals surface area (Å²) in [5, 5.41) is 11.0. The van der Waals surface area contributed by atoms with E-state index in [1.807, 2.05) is 12.1 Å². The van der Waals surface area contributed by atoms with Gasteiger partial charge in [-0.25, -0.2) is 4.79 Å². The molecule has 1 heterocycles.